The van der Waals surface area contributed by atoms with Crippen molar-refractivity contribution in [2.45, 2.75) is 40.5 Å². The zero-order valence-corrected chi connectivity index (χ0v) is 16.2. The molecule has 0 aliphatic heterocycles. The molecule has 0 N–H and O–H groups in total. The van der Waals surface area contributed by atoms with Crippen LogP contribution in [0.25, 0.3) is 11.0 Å². The first-order chi connectivity index (χ1) is 12.3. The first-order valence-corrected chi connectivity index (χ1v) is 9.29. The number of amides is 1. The molecule has 1 amide bonds. The van der Waals surface area contributed by atoms with E-state index in [1.807, 2.05) is 11.0 Å². The summed E-state index contributed by atoms with van der Waals surface area (Å²) in [7, 11) is 0. The lowest BCUT2D eigenvalue weighted by molar-refractivity contribution is -0.133. The topological polar surface area (TPSA) is 59.8 Å². The van der Waals surface area contributed by atoms with Crippen molar-refractivity contribution >= 4 is 16.9 Å². The maximum atomic E-state index is 12.6. The van der Waals surface area contributed by atoms with Crippen molar-refractivity contribution in [2.75, 3.05) is 19.7 Å². The maximum Gasteiger partial charge on any atom is 0.336 e. The molecule has 0 fully saturated rings. The van der Waals surface area contributed by atoms with Crippen LogP contribution >= 0.6 is 0 Å². The summed E-state index contributed by atoms with van der Waals surface area (Å²) in [6, 6.07) is 8.33. The van der Waals surface area contributed by atoms with Gasteiger partial charge < -0.3 is 14.1 Å². The molecule has 2 rings (SSSR count). The van der Waals surface area contributed by atoms with E-state index in [1.54, 1.807) is 18.2 Å². The number of hydrogen-bond acceptors (Lipinski definition) is 4. The average Bonchev–Trinajstić information content (AvgIpc) is 2.58. The van der Waals surface area contributed by atoms with Gasteiger partial charge in [0.25, 0.3) is 5.91 Å². The van der Waals surface area contributed by atoms with Gasteiger partial charge in [-0.3, -0.25) is 4.79 Å². The predicted octanol–water partition coefficient (Wildman–Crippen LogP) is 4.09. The number of fused-ring (bicyclic) bond motifs is 1. The summed E-state index contributed by atoms with van der Waals surface area (Å²) in [5.74, 6) is 1.61. The van der Waals surface area contributed by atoms with Crippen molar-refractivity contribution in [1.82, 2.24) is 4.90 Å². The molecule has 0 unspecified atom stereocenters. The molecule has 0 radical (unpaired) electrons. The molecule has 142 valence electrons. The Morgan fingerprint density at radius 1 is 1.04 bits per heavy atom. The molecule has 0 atom stereocenters. The fourth-order valence-electron chi connectivity index (χ4n) is 2.56. The first-order valence-electron chi connectivity index (χ1n) is 9.29. The Bertz CT molecular complexity index is 767. The highest BCUT2D eigenvalue weighted by Gasteiger charge is 2.15. The van der Waals surface area contributed by atoms with Crippen LogP contribution in [0.2, 0.25) is 0 Å². The molecule has 0 aliphatic rings. The number of rotatable bonds is 9. The van der Waals surface area contributed by atoms with Crippen LogP contribution in [0, 0.1) is 11.8 Å². The second-order valence-corrected chi connectivity index (χ2v) is 7.49. The predicted molar refractivity (Wildman–Crippen MR) is 103 cm³/mol. The van der Waals surface area contributed by atoms with Crippen LogP contribution < -0.4 is 10.4 Å². The van der Waals surface area contributed by atoms with E-state index < -0.39 is 5.63 Å². The summed E-state index contributed by atoms with van der Waals surface area (Å²) < 4.78 is 10.8. The van der Waals surface area contributed by atoms with Gasteiger partial charge in [0.15, 0.2) is 6.61 Å². The highest BCUT2D eigenvalue weighted by molar-refractivity contribution is 5.79. The van der Waals surface area contributed by atoms with E-state index in [0.717, 1.165) is 31.3 Å². The van der Waals surface area contributed by atoms with Crippen molar-refractivity contribution < 1.29 is 13.9 Å². The van der Waals surface area contributed by atoms with Gasteiger partial charge in [0.2, 0.25) is 0 Å². The number of ether oxygens (including phenoxy) is 1. The van der Waals surface area contributed by atoms with E-state index in [9.17, 15) is 9.59 Å². The Morgan fingerprint density at radius 3 is 2.27 bits per heavy atom. The quantitative estimate of drug-likeness (QED) is 0.633. The third kappa shape index (κ3) is 6.21. The van der Waals surface area contributed by atoms with Gasteiger partial charge in [-0.1, -0.05) is 27.7 Å². The lowest BCUT2D eigenvalue weighted by atomic mass is 10.1. The minimum Gasteiger partial charge on any atom is -0.484 e. The zero-order valence-electron chi connectivity index (χ0n) is 16.2. The molecule has 5 heteroatoms. The molecule has 1 heterocycles. The highest BCUT2D eigenvalue weighted by atomic mass is 16.5. The van der Waals surface area contributed by atoms with Crippen molar-refractivity contribution in [3.63, 3.8) is 0 Å². The van der Waals surface area contributed by atoms with Gasteiger partial charge in [-0.2, -0.15) is 0 Å². The van der Waals surface area contributed by atoms with Crippen molar-refractivity contribution in [1.29, 1.82) is 0 Å². The molecule has 0 spiro atoms. The molecule has 1 aromatic heterocycles. The SMILES string of the molecule is CC(C)CCN(CCC(C)C)C(=O)COc1ccc2ccc(=O)oc2c1. The van der Waals surface area contributed by atoms with E-state index in [4.69, 9.17) is 9.15 Å². The van der Waals surface area contributed by atoms with Gasteiger partial charge in [-0.05, 0) is 42.9 Å². The van der Waals surface area contributed by atoms with Crippen LogP contribution in [0.5, 0.6) is 5.75 Å². The van der Waals surface area contributed by atoms with Crippen molar-refractivity contribution in [3.05, 3.63) is 40.8 Å². The van der Waals surface area contributed by atoms with Gasteiger partial charge in [0.1, 0.15) is 11.3 Å². The largest absolute Gasteiger partial charge is 0.484 e. The fourth-order valence-corrected chi connectivity index (χ4v) is 2.56. The van der Waals surface area contributed by atoms with E-state index in [0.29, 0.717) is 23.2 Å². The van der Waals surface area contributed by atoms with Gasteiger partial charge in [-0.25, -0.2) is 4.79 Å². The smallest absolute Gasteiger partial charge is 0.336 e. The number of carbonyl (C=O) groups is 1. The minimum atomic E-state index is -0.403. The molecular formula is C21H29NO4. The molecule has 0 aliphatic carbocycles. The summed E-state index contributed by atoms with van der Waals surface area (Å²) in [5, 5.41) is 0.818. The normalized spacial score (nSPS) is 11.3. The van der Waals surface area contributed by atoms with E-state index in [-0.39, 0.29) is 12.5 Å². The Kier molecular flexibility index (Phi) is 7.25. The number of nitrogens with zero attached hydrogens (tertiary/aromatic N) is 1. The standard InChI is InChI=1S/C21H29NO4/c1-15(2)9-11-22(12-10-16(3)4)20(23)14-25-18-7-5-17-6-8-21(24)26-19(17)13-18/h5-8,13,15-16H,9-12,14H2,1-4H3. The molecule has 2 aromatic rings. The maximum absolute atomic E-state index is 12.6. The Balaban J connectivity index is 1.99. The molecule has 0 saturated carbocycles. The monoisotopic (exact) mass is 359 g/mol. The van der Waals surface area contributed by atoms with Crippen LogP contribution in [0.3, 0.4) is 0 Å². The highest BCUT2D eigenvalue weighted by Crippen LogP contribution is 2.19. The van der Waals surface area contributed by atoms with Gasteiger partial charge in [0, 0.05) is 30.6 Å². The van der Waals surface area contributed by atoms with E-state index in [1.165, 1.54) is 6.07 Å². The summed E-state index contributed by atoms with van der Waals surface area (Å²) in [6.07, 6.45) is 1.95. The third-order valence-electron chi connectivity index (χ3n) is 4.26. The summed E-state index contributed by atoms with van der Waals surface area (Å²) >= 11 is 0. The molecule has 1 aromatic carbocycles. The number of carbonyl (C=O) groups excluding carboxylic acids is 1. The van der Waals surface area contributed by atoms with Gasteiger partial charge in [-0.15, -0.1) is 0 Å². The molecule has 26 heavy (non-hydrogen) atoms. The van der Waals surface area contributed by atoms with Crippen LogP contribution in [0.1, 0.15) is 40.5 Å². The summed E-state index contributed by atoms with van der Waals surface area (Å²) in [6.45, 7) is 10.1. The van der Waals surface area contributed by atoms with Crippen LogP contribution in [0.4, 0.5) is 0 Å². The fraction of sp³-hybridized carbons (Fsp3) is 0.524. The lowest BCUT2D eigenvalue weighted by Crippen LogP contribution is -2.37. The molecular weight excluding hydrogens is 330 g/mol. The van der Waals surface area contributed by atoms with Gasteiger partial charge >= 0.3 is 5.63 Å². The second-order valence-electron chi connectivity index (χ2n) is 7.49. The van der Waals surface area contributed by atoms with Crippen LogP contribution in [-0.2, 0) is 4.79 Å². The van der Waals surface area contributed by atoms with E-state index >= 15 is 0 Å². The zero-order chi connectivity index (χ0) is 19.1. The molecule has 5 nitrogen and oxygen atoms in total. The molecule has 0 saturated heterocycles. The number of hydrogen-bond donors (Lipinski definition) is 0. The van der Waals surface area contributed by atoms with Gasteiger partial charge in [0.05, 0.1) is 0 Å². The van der Waals surface area contributed by atoms with Crippen molar-refractivity contribution in [3.8, 4) is 5.75 Å². The minimum absolute atomic E-state index is 0.0130. The number of benzene rings is 1. The Morgan fingerprint density at radius 2 is 1.65 bits per heavy atom. The summed E-state index contributed by atoms with van der Waals surface area (Å²) in [5.41, 5.74) is 0.0539. The second kappa shape index (κ2) is 9.41. The average molecular weight is 359 g/mol. The van der Waals surface area contributed by atoms with E-state index in [2.05, 4.69) is 27.7 Å². The third-order valence-corrected chi connectivity index (χ3v) is 4.26. The Labute approximate surface area is 154 Å². The first kappa shape index (κ1) is 20.0. The van der Waals surface area contributed by atoms with Crippen LogP contribution in [0.15, 0.2) is 39.5 Å². The summed E-state index contributed by atoms with van der Waals surface area (Å²) in [4.78, 5) is 25.8. The van der Waals surface area contributed by atoms with Crippen molar-refractivity contribution in [2.24, 2.45) is 11.8 Å². The van der Waals surface area contributed by atoms with Crippen LogP contribution in [-0.4, -0.2) is 30.5 Å². The lowest BCUT2D eigenvalue weighted by Gasteiger charge is -2.24. The Hall–Kier alpha value is -2.30. The molecule has 0 bridgehead atoms.